The normalized spacial score (nSPS) is 11.8. The van der Waals surface area contributed by atoms with Gasteiger partial charge in [-0.1, -0.05) is 89.9 Å². The summed E-state index contributed by atoms with van der Waals surface area (Å²) in [4.78, 5) is 106. The Hall–Kier alpha value is -4.93. The summed E-state index contributed by atoms with van der Waals surface area (Å²) in [5.74, 6) is -3.70. The maximum Gasteiger partial charge on any atom is 0.326 e. The fourth-order valence-electron chi connectivity index (χ4n) is 7.97. The molecule has 0 radical (unpaired) electrons. The largest absolute Gasteiger partial charge is 0.481 e. The molecule has 9 N–H and O–H groups in total. The van der Waals surface area contributed by atoms with Crippen molar-refractivity contribution in [3.63, 3.8) is 0 Å². The Morgan fingerprint density at radius 1 is 0.325 bits per heavy atom. The number of carboxylic acids is 2. The van der Waals surface area contributed by atoms with Gasteiger partial charge in [0.1, 0.15) is 38.3 Å². The molecule has 482 valence electrons. The molecule has 26 nitrogen and oxygen atoms in total. The number of rotatable bonds is 63. The number of ether oxygens (including phenoxy) is 8. The number of ketones is 1. The smallest absolute Gasteiger partial charge is 0.326 e. The van der Waals surface area contributed by atoms with Crippen LogP contribution >= 0.6 is 0 Å². The number of aliphatic carboxylic acids is 2. The number of carboxylic acid groups (broad SMARTS) is 2. The summed E-state index contributed by atoms with van der Waals surface area (Å²) in [6.45, 7) is 5.00. The molecule has 0 aromatic rings. The first-order chi connectivity index (χ1) is 40.2. The van der Waals surface area contributed by atoms with Gasteiger partial charge in [0, 0.05) is 52.0 Å². The zero-order chi connectivity index (χ0) is 61.1. The average molecular weight is 1190 g/mol. The van der Waals surface area contributed by atoms with Crippen molar-refractivity contribution in [2.75, 3.05) is 145 Å². The summed E-state index contributed by atoms with van der Waals surface area (Å²) < 4.78 is 42.8. The van der Waals surface area contributed by atoms with Crippen LogP contribution in [0.1, 0.15) is 155 Å². The van der Waals surface area contributed by atoms with E-state index in [1.54, 1.807) is 14.0 Å². The topological polar surface area (TPSA) is 352 Å². The van der Waals surface area contributed by atoms with Gasteiger partial charge in [-0.3, -0.25) is 38.4 Å². The minimum Gasteiger partial charge on any atom is -0.481 e. The van der Waals surface area contributed by atoms with Crippen molar-refractivity contribution in [3.05, 3.63) is 0 Å². The van der Waals surface area contributed by atoms with Gasteiger partial charge in [-0.15, -0.1) is 0 Å². The van der Waals surface area contributed by atoms with Crippen molar-refractivity contribution in [2.45, 2.75) is 167 Å². The third-order valence-corrected chi connectivity index (χ3v) is 12.6. The molecule has 0 aliphatic rings. The van der Waals surface area contributed by atoms with E-state index in [0.717, 1.165) is 57.8 Å². The summed E-state index contributed by atoms with van der Waals surface area (Å²) >= 11 is 0. The molecular formula is C57H105N7O19. The molecule has 6 amide bonds. The van der Waals surface area contributed by atoms with Crippen LogP contribution in [0.4, 0.5) is 0 Å². The molecule has 83 heavy (non-hydrogen) atoms. The molecule has 0 rings (SSSR count). The first kappa shape index (κ1) is 78.1. The average Bonchev–Trinajstić information content (AvgIpc) is 3.45. The predicted octanol–water partition coefficient (Wildman–Crippen LogP) is 2.50. The second-order valence-electron chi connectivity index (χ2n) is 19.9. The minimum absolute atomic E-state index is 0.0369. The van der Waals surface area contributed by atoms with Crippen LogP contribution in [0.25, 0.3) is 0 Å². The summed E-state index contributed by atoms with van der Waals surface area (Å²) in [5.41, 5.74) is 0. The van der Waals surface area contributed by atoms with E-state index in [4.69, 9.17) is 43.0 Å². The number of hydrogen-bond donors (Lipinski definition) is 9. The molecule has 0 aromatic carbocycles. The Labute approximate surface area is 492 Å². The molecular weight excluding hydrogens is 1090 g/mol. The summed E-state index contributed by atoms with van der Waals surface area (Å²) in [7, 11) is 1.75. The van der Waals surface area contributed by atoms with Crippen LogP contribution < -0.4 is 37.2 Å². The highest BCUT2D eigenvalue weighted by Crippen LogP contribution is 2.15. The summed E-state index contributed by atoms with van der Waals surface area (Å²) in [6, 6.07) is -1.31. The zero-order valence-electron chi connectivity index (χ0n) is 50.1. The van der Waals surface area contributed by atoms with E-state index in [9.17, 15) is 48.3 Å². The Balaban J connectivity index is 3.58. The van der Waals surface area contributed by atoms with E-state index in [1.165, 1.54) is 57.8 Å². The number of carbonyl (C=O) groups is 9. The lowest BCUT2D eigenvalue weighted by Crippen LogP contribution is -2.41. The van der Waals surface area contributed by atoms with Crippen molar-refractivity contribution in [2.24, 2.45) is 0 Å². The number of Topliss-reactive ketones (excluding diaryl/α,β-unsaturated/α-hetero) is 1. The molecule has 0 spiro atoms. The van der Waals surface area contributed by atoms with Crippen LogP contribution in [0.2, 0.25) is 0 Å². The minimum atomic E-state index is -1.19. The molecule has 0 saturated heterocycles. The number of hydrogen-bond acceptors (Lipinski definition) is 18. The molecule has 0 bridgehead atoms. The van der Waals surface area contributed by atoms with Crippen LogP contribution in [0, 0.1) is 0 Å². The van der Waals surface area contributed by atoms with Gasteiger partial charge in [-0.25, -0.2) is 4.79 Å². The molecule has 0 saturated carbocycles. The molecule has 0 fully saturated rings. The monoisotopic (exact) mass is 1190 g/mol. The maximum atomic E-state index is 12.4. The number of amides is 6. The van der Waals surface area contributed by atoms with E-state index in [-0.39, 0.29) is 205 Å². The van der Waals surface area contributed by atoms with Gasteiger partial charge in [-0.2, -0.15) is 0 Å². The number of likely N-dealkylation sites (N-methyl/N-ethyl adjacent to an activating group) is 1. The van der Waals surface area contributed by atoms with Crippen LogP contribution in [0.15, 0.2) is 0 Å². The third kappa shape index (κ3) is 57.3. The SMILES string of the molecule is CN[C@@H](CCCCNC(=O)COCCOCCNC(=O)COCCOCCNC(=O)COCCOCCNC(=O)COCCOCCNC(=O)CC[C@H](NC(=O)CCCCCCCCCCCCCCCCCCC(=O)O)C(=O)O)C(C)=O. The highest BCUT2D eigenvalue weighted by molar-refractivity contribution is 5.84. The van der Waals surface area contributed by atoms with Crippen LogP contribution in [-0.2, 0) is 81.0 Å². The molecule has 2 atom stereocenters. The number of carbonyl (C=O) groups excluding carboxylic acids is 7. The standard InChI is InChI=1S/C57H105N7O19/c1-47(65)48(58-2)21-19-20-26-59-52(68)43-80-39-36-77-32-28-61-54(70)45-82-41-38-79-34-30-63-55(71)46-83-42-37-78-33-29-62-53(69)44-81-40-35-76-31-27-60-50(66)25-24-49(57(74)75)64-51(67)22-17-15-13-11-9-7-5-3-4-6-8-10-12-14-16-18-23-56(72)73/h48-49,58H,3-46H2,1-2H3,(H,59,68)(H,60,66)(H,61,70)(H,62,69)(H,63,71)(H,64,67)(H,72,73)(H,74,75)/t48-,49-/m0/s1. The highest BCUT2D eigenvalue weighted by Gasteiger charge is 2.21. The maximum absolute atomic E-state index is 12.4. The molecule has 0 aromatic heterocycles. The van der Waals surface area contributed by atoms with E-state index >= 15 is 0 Å². The summed E-state index contributed by atoms with van der Waals surface area (Å²) in [6.07, 6.45) is 20.4. The van der Waals surface area contributed by atoms with Gasteiger partial charge >= 0.3 is 11.9 Å². The lowest BCUT2D eigenvalue weighted by atomic mass is 10.0. The van der Waals surface area contributed by atoms with E-state index < -0.39 is 18.0 Å². The van der Waals surface area contributed by atoms with Gasteiger partial charge in [0.2, 0.25) is 35.4 Å². The van der Waals surface area contributed by atoms with Gasteiger partial charge < -0.3 is 85.3 Å². The molecule has 0 unspecified atom stereocenters. The Kier molecular flexibility index (Phi) is 55.3. The molecule has 0 aliphatic carbocycles. The second-order valence-corrected chi connectivity index (χ2v) is 19.9. The van der Waals surface area contributed by atoms with Crippen molar-refractivity contribution < 1.29 is 91.3 Å². The number of unbranched alkanes of at least 4 members (excludes halogenated alkanes) is 16. The van der Waals surface area contributed by atoms with E-state index in [0.29, 0.717) is 13.0 Å². The van der Waals surface area contributed by atoms with Gasteiger partial charge in [0.15, 0.2) is 0 Å². The number of nitrogens with one attached hydrogen (secondary N) is 7. The third-order valence-electron chi connectivity index (χ3n) is 12.6. The van der Waals surface area contributed by atoms with Crippen LogP contribution in [0.3, 0.4) is 0 Å². The van der Waals surface area contributed by atoms with Crippen molar-refractivity contribution in [1.29, 1.82) is 0 Å². The van der Waals surface area contributed by atoms with Crippen LogP contribution in [0.5, 0.6) is 0 Å². The first-order valence-electron chi connectivity index (χ1n) is 30.1. The van der Waals surface area contributed by atoms with E-state index in [1.807, 2.05) is 0 Å². The zero-order valence-corrected chi connectivity index (χ0v) is 50.1. The Morgan fingerprint density at radius 3 is 0.988 bits per heavy atom. The first-order valence-corrected chi connectivity index (χ1v) is 30.1. The molecule has 0 heterocycles. The summed E-state index contributed by atoms with van der Waals surface area (Å²) in [5, 5.41) is 37.2. The van der Waals surface area contributed by atoms with Gasteiger partial charge in [0.05, 0.1) is 85.3 Å². The molecule has 0 aliphatic heterocycles. The second kappa shape index (κ2) is 58.8. The van der Waals surface area contributed by atoms with Crippen molar-refractivity contribution in [1.82, 2.24) is 37.2 Å². The fourth-order valence-corrected chi connectivity index (χ4v) is 7.97. The van der Waals surface area contributed by atoms with E-state index in [2.05, 4.69) is 37.2 Å². The van der Waals surface area contributed by atoms with Gasteiger partial charge in [0.25, 0.3) is 0 Å². The molecule has 26 heteroatoms. The Bertz CT molecular complexity index is 1700. The quantitative estimate of drug-likeness (QED) is 0.0395. The lowest BCUT2D eigenvalue weighted by Gasteiger charge is -2.14. The Morgan fingerprint density at radius 2 is 0.651 bits per heavy atom. The van der Waals surface area contributed by atoms with Crippen molar-refractivity contribution in [3.8, 4) is 0 Å². The van der Waals surface area contributed by atoms with Crippen molar-refractivity contribution >= 4 is 53.2 Å². The lowest BCUT2D eigenvalue weighted by molar-refractivity contribution is -0.142. The van der Waals surface area contributed by atoms with Crippen LogP contribution in [-0.4, -0.2) is 221 Å². The van der Waals surface area contributed by atoms with Gasteiger partial charge in [-0.05, 0) is 52.5 Å². The highest BCUT2D eigenvalue weighted by atomic mass is 16.5. The predicted molar refractivity (Wildman–Crippen MR) is 309 cm³/mol. The fraction of sp³-hybridized carbons (Fsp3) is 0.842.